The number of carbonyl (C=O) groups is 1. The van der Waals surface area contributed by atoms with Gasteiger partial charge in [0.25, 0.3) is 0 Å². The fourth-order valence-corrected chi connectivity index (χ4v) is 4.18. The van der Waals surface area contributed by atoms with Gasteiger partial charge in [-0.05, 0) is 50.5 Å². The molecule has 6 heteroatoms. The molecular formula is C20H26N4O2. The van der Waals surface area contributed by atoms with Gasteiger partial charge in [-0.25, -0.2) is 0 Å². The molecule has 138 valence electrons. The number of aromatic nitrogens is 2. The monoisotopic (exact) mass is 354 g/mol. The highest BCUT2D eigenvalue weighted by molar-refractivity contribution is 6.09. The topological polar surface area (TPSA) is 59.4 Å². The number of nitrogens with zero attached hydrogens (tertiary/aromatic N) is 3. The minimum absolute atomic E-state index is 0.151. The molecule has 2 aliphatic heterocycles. The zero-order valence-corrected chi connectivity index (χ0v) is 15.7. The predicted octanol–water partition coefficient (Wildman–Crippen LogP) is 2.84. The number of benzene rings is 1. The Morgan fingerprint density at radius 2 is 2.08 bits per heavy atom. The van der Waals surface area contributed by atoms with Crippen LogP contribution in [0.15, 0.2) is 30.6 Å². The number of hydrogen-bond acceptors (Lipinski definition) is 4. The number of rotatable bonds is 4. The van der Waals surface area contributed by atoms with Crippen molar-refractivity contribution >= 4 is 17.3 Å². The Morgan fingerprint density at radius 3 is 2.73 bits per heavy atom. The maximum Gasteiger partial charge on any atom is 0.238 e. The molecule has 1 saturated heterocycles. The number of hydrogen-bond donors (Lipinski definition) is 1. The summed E-state index contributed by atoms with van der Waals surface area (Å²) in [5.41, 5.74) is 3.95. The average molecular weight is 354 g/mol. The van der Waals surface area contributed by atoms with Gasteiger partial charge in [0.2, 0.25) is 5.91 Å². The first-order valence-electron chi connectivity index (χ1n) is 9.28. The zero-order valence-electron chi connectivity index (χ0n) is 15.7. The lowest BCUT2D eigenvalue weighted by Gasteiger charge is -2.33. The molecule has 1 aromatic heterocycles. The van der Waals surface area contributed by atoms with Gasteiger partial charge in [0.05, 0.1) is 11.6 Å². The first-order chi connectivity index (χ1) is 12.5. The lowest BCUT2D eigenvalue weighted by molar-refractivity contribution is -0.126. The van der Waals surface area contributed by atoms with Gasteiger partial charge in [-0.15, -0.1) is 0 Å². The van der Waals surface area contributed by atoms with Gasteiger partial charge in [0.15, 0.2) is 0 Å². The number of carbonyl (C=O) groups excluding carboxylic acids is 1. The summed E-state index contributed by atoms with van der Waals surface area (Å²) in [6.45, 7) is 6.16. The van der Waals surface area contributed by atoms with Crippen LogP contribution in [0.1, 0.15) is 37.8 Å². The Balaban J connectivity index is 1.66. The second kappa shape index (κ2) is 6.43. The summed E-state index contributed by atoms with van der Waals surface area (Å²) >= 11 is 0. The summed E-state index contributed by atoms with van der Waals surface area (Å²) in [5, 5.41) is 7.68. The van der Waals surface area contributed by atoms with Crippen molar-refractivity contribution in [3.05, 3.63) is 41.7 Å². The van der Waals surface area contributed by atoms with E-state index >= 15 is 0 Å². The molecule has 1 N–H and O–H groups in total. The molecule has 4 rings (SSSR count). The Labute approximate surface area is 154 Å². The van der Waals surface area contributed by atoms with Crippen molar-refractivity contribution in [2.75, 3.05) is 23.4 Å². The van der Waals surface area contributed by atoms with E-state index in [1.165, 1.54) is 0 Å². The van der Waals surface area contributed by atoms with Gasteiger partial charge >= 0.3 is 0 Å². The second-order valence-electron chi connectivity index (χ2n) is 7.57. The Bertz CT molecular complexity index is 821. The molecule has 26 heavy (non-hydrogen) atoms. The molecule has 1 amide bonds. The van der Waals surface area contributed by atoms with E-state index in [0.29, 0.717) is 19.8 Å². The first kappa shape index (κ1) is 17.1. The van der Waals surface area contributed by atoms with Crippen LogP contribution in [0.2, 0.25) is 0 Å². The van der Waals surface area contributed by atoms with Crippen LogP contribution in [0.25, 0.3) is 0 Å². The summed E-state index contributed by atoms with van der Waals surface area (Å²) in [7, 11) is 1.92. The fraction of sp³-hybridized carbons (Fsp3) is 0.500. The summed E-state index contributed by atoms with van der Waals surface area (Å²) < 4.78 is 7.36. The first-order valence-corrected chi connectivity index (χ1v) is 9.28. The maximum atomic E-state index is 13.3. The number of fused-ring (bicyclic) bond motifs is 2. The van der Waals surface area contributed by atoms with E-state index in [2.05, 4.69) is 42.5 Å². The van der Waals surface area contributed by atoms with Crippen LogP contribution in [-0.2, 0) is 28.5 Å². The molecular weight excluding hydrogens is 328 g/mol. The third-order valence-corrected chi connectivity index (χ3v) is 5.52. The molecule has 0 atom stereocenters. The predicted molar refractivity (Wildman–Crippen MR) is 101 cm³/mol. The molecule has 0 saturated carbocycles. The van der Waals surface area contributed by atoms with Gasteiger partial charge < -0.3 is 15.0 Å². The van der Waals surface area contributed by atoms with Crippen LogP contribution in [0.5, 0.6) is 0 Å². The molecule has 0 aliphatic carbocycles. The number of aryl methyl sites for hydroxylation is 1. The third kappa shape index (κ3) is 2.69. The fourth-order valence-electron chi connectivity index (χ4n) is 4.18. The van der Waals surface area contributed by atoms with Crippen LogP contribution in [0.4, 0.5) is 11.4 Å². The number of amides is 1. The molecule has 1 spiro atoms. The van der Waals surface area contributed by atoms with Crippen molar-refractivity contribution in [2.24, 2.45) is 7.05 Å². The summed E-state index contributed by atoms with van der Waals surface area (Å²) in [5.74, 6) is 0.232. The molecule has 1 aromatic carbocycles. The molecule has 0 radical (unpaired) electrons. The van der Waals surface area contributed by atoms with E-state index < -0.39 is 5.41 Å². The number of nitrogens with one attached hydrogen (secondary N) is 1. The Morgan fingerprint density at radius 1 is 1.31 bits per heavy atom. The highest BCUT2D eigenvalue weighted by Gasteiger charge is 2.52. The number of anilines is 2. The molecule has 0 unspecified atom stereocenters. The van der Waals surface area contributed by atoms with Crippen molar-refractivity contribution < 1.29 is 9.53 Å². The smallest absolute Gasteiger partial charge is 0.238 e. The third-order valence-electron chi connectivity index (χ3n) is 5.52. The van der Waals surface area contributed by atoms with Crippen molar-refractivity contribution in [3.63, 3.8) is 0 Å². The minimum atomic E-state index is -0.427. The summed E-state index contributed by atoms with van der Waals surface area (Å²) in [6.07, 6.45) is 5.39. The molecule has 2 aromatic rings. The highest BCUT2D eigenvalue weighted by atomic mass is 16.5. The van der Waals surface area contributed by atoms with Crippen LogP contribution in [0, 0.1) is 0 Å². The van der Waals surface area contributed by atoms with Crippen molar-refractivity contribution in [2.45, 2.75) is 44.7 Å². The summed E-state index contributed by atoms with van der Waals surface area (Å²) in [6, 6.07) is 6.47. The number of ether oxygens (including phenoxy) is 1. The normalized spacial score (nSPS) is 18.6. The van der Waals surface area contributed by atoms with E-state index in [9.17, 15) is 4.79 Å². The van der Waals surface area contributed by atoms with Gasteiger partial charge in [-0.1, -0.05) is 0 Å². The molecule has 3 heterocycles. The lowest BCUT2D eigenvalue weighted by Crippen LogP contribution is -2.46. The largest absolute Gasteiger partial charge is 0.381 e. The van der Waals surface area contributed by atoms with Crippen molar-refractivity contribution in [3.8, 4) is 0 Å². The van der Waals surface area contributed by atoms with Crippen LogP contribution in [-0.4, -0.2) is 34.9 Å². The van der Waals surface area contributed by atoms with E-state index in [0.717, 1.165) is 35.3 Å². The standard InChI is InChI=1S/C20H26N4O2/c1-14(2)24-18-5-4-16(21-11-15-12-22-23(3)13-15)10-17(18)20(19(24)25)6-8-26-9-7-20/h4-5,10,12-14,21H,6-9,11H2,1-3H3. The van der Waals surface area contributed by atoms with E-state index in [1.807, 2.05) is 24.3 Å². The Kier molecular flexibility index (Phi) is 4.23. The lowest BCUT2D eigenvalue weighted by atomic mass is 9.75. The van der Waals surface area contributed by atoms with Gasteiger partial charge in [-0.2, -0.15) is 5.10 Å². The van der Waals surface area contributed by atoms with Crippen LogP contribution >= 0.6 is 0 Å². The summed E-state index contributed by atoms with van der Waals surface area (Å²) in [4.78, 5) is 15.3. The Hall–Kier alpha value is -2.34. The van der Waals surface area contributed by atoms with Crippen LogP contribution < -0.4 is 10.2 Å². The van der Waals surface area contributed by atoms with Crippen molar-refractivity contribution in [1.29, 1.82) is 0 Å². The maximum absolute atomic E-state index is 13.3. The van der Waals surface area contributed by atoms with E-state index in [4.69, 9.17) is 4.74 Å². The van der Waals surface area contributed by atoms with Gasteiger partial charge in [-0.3, -0.25) is 9.48 Å². The zero-order chi connectivity index (χ0) is 18.3. The van der Waals surface area contributed by atoms with Crippen LogP contribution in [0.3, 0.4) is 0 Å². The molecule has 2 aliphatic rings. The molecule has 6 nitrogen and oxygen atoms in total. The quantitative estimate of drug-likeness (QED) is 0.917. The van der Waals surface area contributed by atoms with Gasteiger partial charge in [0, 0.05) is 56.0 Å². The minimum Gasteiger partial charge on any atom is -0.381 e. The molecule has 1 fully saturated rings. The average Bonchev–Trinajstić information content (AvgIpc) is 3.15. The molecule has 0 bridgehead atoms. The van der Waals surface area contributed by atoms with E-state index in [1.54, 1.807) is 4.68 Å². The van der Waals surface area contributed by atoms with E-state index in [-0.39, 0.29) is 11.9 Å². The SMILES string of the molecule is CC(C)N1C(=O)C2(CCOCC2)c2cc(NCc3cnn(C)c3)ccc21. The highest BCUT2D eigenvalue weighted by Crippen LogP contribution is 2.49. The van der Waals surface area contributed by atoms with Crippen molar-refractivity contribution in [1.82, 2.24) is 9.78 Å². The second-order valence-corrected chi connectivity index (χ2v) is 7.57. The van der Waals surface area contributed by atoms with Gasteiger partial charge in [0.1, 0.15) is 0 Å².